The molecule has 0 saturated heterocycles. The molecule has 0 spiro atoms. The van der Waals surface area contributed by atoms with Crippen LogP contribution in [0.1, 0.15) is 21.7 Å². The Balaban J connectivity index is 0.00000320. The lowest BCUT2D eigenvalue weighted by Crippen LogP contribution is -2.36. The summed E-state index contributed by atoms with van der Waals surface area (Å²) in [4.78, 5) is 25.5. The predicted octanol–water partition coefficient (Wildman–Crippen LogP) is 3.26. The standard InChI is InChI=1S/C22H26N6O.HI/c1-23-22(25-13-16-9-11-18(12-10-16)21(29)28(2)3)26-15-20-24-14-19(27-20)17-7-5-4-6-8-17;/h4-12,14H,13,15H2,1-3H3,(H,24,27)(H2,23,25,26);1H. The molecule has 3 aromatic rings. The van der Waals surface area contributed by atoms with Crippen LogP contribution in [-0.2, 0) is 13.1 Å². The second kappa shape index (κ2) is 11.3. The van der Waals surface area contributed by atoms with E-state index in [1.165, 1.54) is 0 Å². The monoisotopic (exact) mass is 518 g/mol. The summed E-state index contributed by atoms with van der Waals surface area (Å²) in [7, 11) is 5.22. The molecule has 0 saturated carbocycles. The van der Waals surface area contributed by atoms with Crippen LogP contribution in [0.5, 0.6) is 0 Å². The molecular formula is C22H27IN6O. The quantitative estimate of drug-likeness (QED) is 0.266. The van der Waals surface area contributed by atoms with Crippen LogP contribution in [0.25, 0.3) is 11.3 Å². The Bertz CT molecular complexity index is 967. The average Bonchev–Trinajstić information content (AvgIpc) is 3.23. The number of H-pyrrole nitrogens is 1. The Kier molecular flexibility index (Phi) is 8.85. The molecule has 0 bridgehead atoms. The van der Waals surface area contributed by atoms with E-state index in [1.807, 2.05) is 60.8 Å². The number of hydrogen-bond donors (Lipinski definition) is 3. The molecule has 1 heterocycles. The zero-order chi connectivity index (χ0) is 20.6. The number of imidazole rings is 1. The van der Waals surface area contributed by atoms with Gasteiger partial charge in [-0.2, -0.15) is 0 Å². The van der Waals surface area contributed by atoms with Crippen molar-refractivity contribution in [2.24, 2.45) is 4.99 Å². The van der Waals surface area contributed by atoms with Crippen molar-refractivity contribution in [2.45, 2.75) is 13.1 Å². The fourth-order valence-corrected chi connectivity index (χ4v) is 2.81. The molecule has 0 fully saturated rings. The van der Waals surface area contributed by atoms with E-state index in [4.69, 9.17) is 0 Å². The molecular weight excluding hydrogens is 491 g/mol. The number of aromatic nitrogens is 2. The van der Waals surface area contributed by atoms with Gasteiger partial charge in [-0.25, -0.2) is 4.98 Å². The fraction of sp³-hybridized carbons (Fsp3) is 0.227. The highest BCUT2D eigenvalue weighted by Crippen LogP contribution is 2.15. The number of halogens is 1. The normalized spacial score (nSPS) is 10.8. The Labute approximate surface area is 194 Å². The van der Waals surface area contributed by atoms with Gasteiger partial charge in [-0.05, 0) is 23.3 Å². The van der Waals surface area contributed by atoms with Gasteiger partial charge in [0.1, 0.15) is 5.82 Å². The Hall–Kier alpha value is -2.88. The summed E-state index contributed by atoms with van der Waals surface area (Å²) in [6, 6.07) is 17.6. The van der Waals surface area contributed by atoms with Crippen molar-refractivity contribution in [3.8, 4) is 11.3 Å². The van der Waals surface area contributed by atoms with E-state index in [1.54, 1.807) is 26.0 Å². The fourth-order valence-electron chi connectivity index (χ4n) is 2.81. The number of amides is 1. The lowest BCUT2D eigenvalue weighted by molar-refractivity contribution is 0.0827. The molecule has 3 rings (SSSR count). The number of nitrogens with zero attached hydrogens (tertiary/aromatic N) is 3. The van der Waals surface area contributed by atoms with Crippen molar-refractivity contribution in [1.29, 1.82) is 0 Å². The molecule has 0 aliphatic rings. The Morgan fingerprint density at radius 1 is 1.03 bits per heavy atom. The topological polar surface area (TPSA) is 85.4 Å². The minimum Gasteiger partial charge on any atom is -0.352 e. The van der Waals surface area contributed by atoms with E-state index >= 15 is 0 Å². The first-order valence-corrected chi connectivity index (χ1v) is 9.41. The van der Waals surface area contributed by atoms with E-state index in [-0.39, 0.29) is 29.9 Å². The molecule has 30 heavy (non-hydrogen) atoms. The van der Waals surface area contributed by atoms with E-state index in [0.717, 1.165) is 22.6 Å². The van der Waals surface area contributed by atoms with E-state index in [9.17, 15) is 4.79 Å². The van der Waals surface area contributed by atoms with Crippen molar-refractivity contribution in [1.82, 2.24) is 25.5 Å². The third-order valence-corrected chi connectivity index (χ3v) is 4.43. The zero-order valence-electron chi connectivity index (χ0n) is 17.3. The van der Waals surface area contributed by atoms with Crippen LogP contribution in [-0.4, -0.2) is 47.9 Å². The molecule has 7 nitrogen and oxygen atoms in total. The number of benzene rings is 2. The van der Waals surface area contributed by atoms with Gasteiger partial charge < -0.3 is 20.5 Å². The maximum atomic E-state index is 12.0. The van der Waals surface area contributed by atoms with Crippen LogP contribution >= 0.6 is 24.0 Å². The Morgan fingerprint density at radius 3 is 2.33 bits per heavy atom. The van der Waals surface area contributed by atoms with Gasteiger partial charge in [0.15, 0.2) is 5.96 Å². The number of carbonyl (C=O) groups excluding carboxylic acids is 1. The van der Waals surface area contributed by atoms with Crippen molar-refractivity contribution >= 4 is 35.8 Å². The maximum absolute atomic E-state index is 12.0. The molecule has 3 N–H and O–H groups in total. The zero-order valence-corrected chi connectivity index (χ0v) is 19.7. The molecule has 1 aromatic heterocycles. The van der Waals surface area contributed by atoms with Gasteiger partial charge in [0.2, 0.25) is 0 Å². The molecule has 8 heteroatoms. The Morgan fingerprint density at radius 2 is 1.70 bits per heavy atom. The molecule has 1 amide bonds. The number of carbonyl (C=O) groups is 1. The summed E-state index contributed by atoms with van der Waals surface area (Å²) in [5, 5.41) is 6.52. The molecule has 158 valence electrons. The number of aromatic amines is 1. The van der Waals surface area contributed by atoms with Gasteiger partial charge in [-0.15, -0.1) is 24.0 Å². The molecule has 0 aliphatic heterocycles. The van der Waals surface area contributed by atoms with E-state index < -0.39 is 0 Å². The highest BCUT2D eigenvalue weighted by atomic mass is 127. The molecule has 0 aliphatic carbocycles. The maximum Gasteiger partial charge on any atom is 0.253 e. The van der Waals surface area contributed by atoms with Gasteiger partial charge >= 0.3 is 0 Å². The van der Waals surface area contributed by atoms with E-state index in [2.05, 4.69) is 25.6 Å². The van der Waals surface area contributed by atoms with Crippen LogP contribution < -0.4 is 10.6 Å². The highest BCUT2D eigenvalue weighted by molar-refractivity contribution is 14.0. The summed E-state index contributed by atoms with van der Waals surface area (Å²) < 4.78 is 0. The SMILES string of the molecule is CN=C(NCc1ccc(C(=O)N(C)C)cc1)NCc1ncc(-c2ccccc2)[nH]1.I. The minimum absolute atomic E-state index is 0. The van der Waals surface area contributed by atoms with Gasteiger partial charge in [-0.3, -0.25) is 9.79 Å². The number of nitrogens with one attached hydrogen (secondary N) is 3. The van der Waals surface area contributed by atoms with Gasteiger partial charge in [0.05, 0.1) is 18.4 Å². The first-order chi connectivity index (χ1) is 14.1. The first kappa shape index (κ1) is 23.4. The van der Waals surface area contributed by atoms with Crippen LogP contribution in [0.2, 0.25) is 0 Å². The van der Waals surface area contributed by atoms with Crippen LogP contribution in [0.4, 0.5) is 0 Å². The summed E-state index contributed by atoms with van der Waals surface area (Å²) in [5.41, 5.74) is 3.82. The number of aliphatic imine (C=N–C) groups is 1. The predicted molar refractivity (Wildman–Crippen MR) is 131 cm³/mol. The largest absolute Gasteiger partial charge is 0.352 e. The van der Waals surface area contributed by atoms with Crippen molar-refractivity contribution in [3.63, 3.8) is 0 Å². The van der Waals surface area contributed by atoms with Crippen molar-refractivity contribution < 1.29 is 4.79 Å². The summed E-state index contributed by atoms with van der Waals surface area (Å²) in [6.45, 7) is 1.13. The summed E-state index contributed by atoms with van der Waals surface area (Å²) in [5.74, 6) is 1.50. The molecule has 2 aromatic carbocycles. The average molecular weight is 518 g/mol. The second-order valence-electron chi connectivity index (χ2n) is 6.79. The lowest BCUT2D eigenvalue weighted by atomic mass is 10.1. The summed E-state index contributed by atoms with van der Waals surface area (Å²) >= 11 is 0. The number of guanidine groups is 1. The third-order valence-electron chi connectivity index (χ3n) is 4.43. The molecule has 0 atom stereocenters. The second-order valence-corrected chi connectivity index (χ2v) is 6.79. The van der Waals surface area contributed by atoms with Gasteiger partial charge in [0.25, 0.3) is 5.91 Å². The van der Waals surface area contributed by atoms with Crippen LogP contribution in [0.3, 0.4) is 0 Å². The van der Waals surface area contributed by atoms with Gasteiger partial charge in [0, 0.05) is 33.3 Å². The first-order valence-electron chi connectivity index (χ1n) is 9.41. The van der Waals surface area contributed by atoms with E-state index in [0.29, 0.717) is 24.6 Å². The summed E-state index contributed by atoms with van der Waals surface area (Å²) in [6.07, 6.45) is 1.83. The number of hydrogen-bond acceptors (Lipinski definition) is 3. The molecule has 0 radical (unpaired) electrons. The minimum atomic E-state index is -0.00435. The smallest absolute Gasteiger partial charge is 0.253 e. The van der Waals surface area contributed by atoms with Crippen LogP contribution in [0, 0.1) is 0 Å². The molecule has 0 unspecified atom stereocenters. The van der Waals surface area contributed by atoms with Crippen molar-refractivity contribution in [3.05, 3.63) is 77.7 Å². The van der Waals surface area contributed by atoms with Crippen LogP contribution in [0.15, 0.2) is 65.8 Å². The number of rotatable bonds is 6. The lowest BCUT2D eigenvalue weighted by Gasteiger charge is -2.12. The highest BCUT2D eigenvalue weighted by Gasteiger charge is 2.08. The third kappa shape index (κ3) is 6.31. The van der Waals surface area contributed by atoms with Gasteiger partial charge in [-0.1, -0.05) is 42.5 Å². The van der Waals surface area contributed by atoms with Crippen molar-refractivity contribution in [2.75, 3.05) is 21.1 Å².